The summed E-state index contributed by atoms with van der Waals surface area (Å²) < 4.78 is 50.1. The Morgan fingerprint density at radius 3 is 2.19 bits per heavy atom. The molecule has 0 unspecified atom stereocenters. The molecule has 144 valence electrons. The molecule has 0 aliphatic carbocycles. The highest BCUT2D eigenvalue weighted by Crippen LogP contribution is 2.31. The summed E-state index contributed by atoms with van der Waals surface area (Å²) in [4.78, 5) is 16.8. The third kappa shape index (κ3) is 4.50. The molecule has 1 aliphatic rings. The van der Waals surface area contributed by atoms with Crippen LogP contribution in [0.2, 0.25) is 0 Å². The minimum absolute atomic E-state index is 0.132. The average molecular weight is 396 g/mol. The minimum atomic E-state index is -4.37. The fourth-order valence-corrected chi connectivity index (χ4v) is 3.54. The van der Waals surface area contributed by atoms with Crippen molar-refractivity contribution in [3.63, 3.8) is 0 Å². The molecule has 2 aromatic carbocycles. The van der Waals surface area contributed by atoms with Crippen LogP contribution in [0.5, 0.6) is 0 Å². The van der Waals surface area contributed by atoms with Gasteiger partial charge in [0.25, 0.3) is 5.91 Å². The highest BCUT2D eigenvalue weighted by molar-refractivity contribution is 7.84. The van der Waals surface area contributed by atoms with Crippen LogP contribution < -0.4 is 4.90 Å². The van der Waals surface area contributed by atoms with Crippen LogP contribution in [-0.2, 0) is 17.0 Å². The van der Waals surface area contributed by atoms with Crippen LogP contribution in [0, 0.1) is 0 Å². The topological polar surface area (TPSA) is 40.6 Å². The van der Waals surface area contributed by atoms with Crippen molar-refractivity contribution in [1.29, 1.82) is 0 Å². The molecule has 0 radical (unpaired) electrons. The second-order valence-electron chi connectivity index (χ2n) is 6.31. The minimum Gasteiger partial charge on any atom is -0.368 e. The van der Waals surface area contributed by atoms with Gasteiger partial charge in [0.05, 0.1) is 5.56 Å². The van der Waals surface area contributed by atoms with E-state index in [1.54, 1.807) is 41.5 Å². The number of alkyl halides is 3. The first-order valence-electron chi connectivity index (χ1n) is 8.40. The molecule has 1 fully saturated rings. The number of hydrogen-bond donors (Lipinski definition) is 0. The Bertz CT molecular complexity index is 845. The van der Waals surface area contributed by atoms with Crippen LogP contribution in [0.3, 0.4) is 0 Å². The number of piperazine rings is 1. The second kappa shape index (κ2) is 7.72. The van der Waals surface area contributed by atoms with Gasteiger partial charge in [-0.25, -0.2) is 0 Å². The number of hydrogen-bond acceptors (Lipinski definition) is 3. The summed E-state index contributed by atoms with van der Waals surface area (Å²) in [5.41, 5.74) is 0.343. The predicted molar refractivity (Wildman–Crippen MR) is 98.3 cm³/mol. The van der Waals surface area contributed by atoms with Gasteiger partial charge in [-0.3, -0.25) is 9.00 Å². The maximum absolute atomic E-state index is 12.9. The van der Waals surface area contributed by atoms with E-state index >= 15 is 0 Å². The highest BCUT2D eigenvalue weighted by atomic mass is 32.2. The first-order valence-corrected chi connectivity index (χ1v) is 9.96. The third-order valence-electron chi connectivity index (χ3n) is 4.54. The Kier molecular flexibility index (Phi) is 5.55. The Balaban J connectivity index is 1.65. The zero-order chi connectivity index (χ0) is 19.6. The van der Waals surface area contributed by atoms with E-state index in [2.05, 4.69) is 0 Å². The standard InChI is InChI=1S/C19H19F3N2O2S/c1-27(26)17-7-5-14(6-8-17)18(25)24-11-9-23(10-12-24)16-4-2-3-15(13-16)19(20,21)22/h2-8,13H,9-12H2,1H3/t27-/m0/s1. The van der Waals surface area contributed by atoms with Crippen LogP contribution >= 0.6 is 0 Å². The summed E-state index contributed by atoms with van der Waals surface area (Å²) in [5.74, 6) is -0.132. The van der Waals surface area contributed by atoms with Gasteiger partial charge in [0, 0.05) is 59.4 Å². The second-order valence-corrected chi connectivity index (χ2v) is 7.69. The maximum Gasteiger partial charge on any atom is 0.416 e. The molecule has 0 N–H and O–H groups in total. The summed E-state index contributed by atoms with van der Waals surface area (Å²) in [6.45, 7) is 1.78. The van der Waals surface area contributed by atoms with Gasteiger partial charge in [0.2, 0.25) is 0 Å². The number of amides is 1. The van der Waals surface area contributed by atoms with Gasteiger partial charge >= 0.3 is 6.18 Å². The molecule has 0 saturated carbocycles. The lowest BCUT2D eigenvalue weighted by Gasteiger charge is -2.36. The van der Waals surface area contributed by atoms with Gasteiger partial charge in [-0.05, 0) is 42.5 Å². The van der Waals surface area contributed by atoms with E-state index in [1.165, 1.54) is 6.07 Å². The van der Waals surface area contributed by atoms with Crippen molar-refractivity contribution in [3.05, 3.63) is 59.7 Å². The summed E-state index contributed by atoms with van der Waals surface area (Å²) >= 11 is 0. The van der Waals surface area contributed by atoms with Crippen LogP contribution in [0.25, 0.3) is 0 Å². The molecule has 2 aromatic rings. The van der Waals surface area contributed by atoms with Crippen molar-refractivity contribution < 1.29 is 22.2 Å². The number of halogens is 3. The molecule has 27 heavy (non-hydrogen) atoms. The van der Waals surface area contributed by atoms with Crippen molar-refractivity contribution >= 4 is 22.4 Å². The third-order valence-corrected chi connectivity index (χ3v) is 5.47. The average Bonchev–Trinajstić information content (AvgIpc) is 2.67. The van der Waals surface area contributed by atoms with Crippen LogP contribution in [0.4, 0.5) is 18.9 Å². The lowest BCUT2D eigenvalue weighted by Crippen LogP contribution is -2.48. The molecule has 1 atom stereocenters. The molecule has 0 spiro atoms. The van der Waals surface area contributed by atoms with Gasteiger partial charge in [-0.2, -0.15) is 13.2 Å². The van der Waals surface area contributed by atoms with Crippen LogP contribution in [-0.4, -0.2) is 47.5 Å². The summed E-state index contributed by atoms with van der Waals surface area (Å²) in [6.07, 6.45) is -2.80. The lowest BCUT2D eigenvalue weighted by atomic mass is 10.1. The van der Waals surface area contributed by atoms with Crippen LogP contribution in [0.15, 0.2) is 53.4 Å². The number of carbonyl (C=O) groups excluding carboxylic acids is 1. The first-order chi connectivity index (χ1) is 12.8. The molecule has 8 heteroatoms. The van der Waals surface area contributed by atoms with Gasteiger partial charge in [0.1, 0.15) is 0 Å². The lowest BCUT2D eigenvalue weighted by molar-refractivity contribution is -0.137. The SMILES string of the molecule is C[S@](=O)c1ccc(C(=O)N2CCN(c3cccc(C(F)(F)F)c3)CC2)cc1. The number of carbonyl (C=O) groups is 1. The van der Waals surface area contributed by atoms with Crippen LogP contribution in [0.1, 0.15) is 15.9 Å². The molecular formula is C19H19F3N2O2S. The molecule has 3 rings (SSSR count). The fraction of sp³-hybridized carbons (Fsp3) is 0.316. The summed E-state index contributed by atoms with van der Waals surface area (Å²) in [5, 5.41) is 0. The Morgan fingerprint density at radius 1 is 1.00 bits per heavy atom. The predicted octanol–water partition coefficient (Wildman–Crippen LogP) is 3.41. The monoisotopic (exact) mass is 396 g/mol. The molecule has 1 aliphatic heterocycles. The Morgan fingerprint density at radius 2 is 1.63 bits per heavy atom. The Hall–Kier alpha value is -2.35. The maximum atomic E-state index is 12.9. The van der Waals surface area contributed by atoms with E-state index in [0.717, 1.165) is 12.1 Å². The molecule has 1 saturated heterocycles. The van der Waals surface area contributed by atoms with Gasteiger partial charge in [-0.1, -0.05) is 6.07 Å². The summed E-state index contributed by atoms with van der Waals surface area (Å²) in [7, 11) is -1.10. The first kappa shape index (κ1) is 19.4. The molecule has 0 bridgehead atoms. The largest absolute Gasteiger partial charge is 0.416 e. The van der Waals surface area contributed by atoms with Gasteiger partial charge in [0.15, 0.2) is 0 Å². The van der Waals surface area contributed by atoms with E-state index in [9.17, 15) is 22.2 Å². The number of rotatable bonds is 3. The zero-order valence-electron chi connectivity index (χ0n) is 14.7. The van der Waals surface area contributed by atoms with E-state index in [-0.39, 0.29) is 5.91 Å². The molecular weight excluding hydrogens is 377 g/mol. The van der Waals surface area contributed by atoms with E-state index in [1.807, 2.05) is 4.90 Å². The molecule has 1 amide bonds. The molecule has 1 heterocycles. The van der Waals surface area contributed by atoms with Crippen molar-refractivity contribution in [1.82, 2.24) is 4.90 Å². The molecule has 4 nitrogen and oxygen atoms in total. The number of anilines is 1. The van der Waals surface area contributed by atoms with Crippen molar-refractivity contribution in [2.75, 3.05) is 37.3 Å². The van der Waals surface area contributed by atoms with E-state index < -0.39 is 22.5 Å². The zero-order valence-corrected chi connectivity index (χ0v) is 15.5. The number of benzene rings is 2. The molecule has 0 aromatic heterocycles. The summed E-state index contributed by atoms with van der Waals surface area (Å²) in [6, 6.07) is 11.9. The normalized spacial score (nSPS) is 16.3. The fourth-order valence-electron chi connectivity index (χ4n) is 3.02. The highest BCUT2D eigenvalue weighted by Gasteiger charge is 2.31. The van der Waals surface area contributed by atoms with Crippen molar-refractivity contribution in [3.8, 4) is 0 Å². The van der Waals surface area contributed by atoms with Crippen molar-refractivity contribution in [2.24, 2.45) is 0 Å². The van der Waals surface area contributed by atoms with Gasteiger partial charge in [-0.15, -0.1) is 0 Å². The van der Waals surface area contributed by atoms with Gasteiger partial charge < -0.3 is 9.80 Å². The quantitative estimate of drug-likeness (QED) is 0.799. The number of nitrogens with zero attached hydrogens (tertiary/aromatic N) is 2. The van der Waals surface area contributed by atoms with Crippen molar-refractivity contribution in [2.45, 2.75) is 11.1 Å². The van der Waals surface area contributed by atoms with E-state index in [4.69, 9.17) is 0 Å². The smallest absolute Gasteiger partial charge is 0.368 e. The van der Waals surface area contributed by atoms with E-state index in [0.29, 0.717) is 42.3 Å². The Labute approximate surface area is 158 Å².